The summed E-state index contributed by atoms with van der Waals surface area (Å²) in [7, 11) is 0. The van der Waals surface area contributed by atoms with E-state index in [-0.39, 0.29) is 0 Å². The molecule has 0 spiro atoms. The van der Waals surface area contributed by atoms with Crippen LogP contribution >= 0.6 is 0 Å². The minimum atomic E-state index is 0.294. The summed E-state index contributed by atoms with van der Waals surface area (Å²) in [5.41, 5.74) is 12.5. The van der Waals surface area contributed by atoms with Gasteiger partial charge >= 0.3 is 0 Å². The highest BCUT2D eigenvalue weighted by molar-refractivity contribution is 4.99. The van der Waals surface area contributed by atoms with Crippen molar-refractivity contribution in [3.05, 3.63) is 0 Å². The Bertz CT molecular complexity index is 232. The zero-order valence-electron chi connectivity index (χ0n) is 13.3. The molecule has 0 saturated heterocycles. The predicted molar refractivity (Wildman–Crippen MR) is 84.2 cm³/mol. The van der Waals surface area contributed by atoms with Crippen LogP contribution in [-0.4, -0.2) is 36.1 Å². The van der Waals surface area contributed by atoms with Gasteiger partial charge in [0.05, 0.1) is 0 Å². The van der Waals surface area contributed by atoms with E-state index in [0.717, 1.165) is 32.5 Å². The van der Waals surface area contributed by atoms with Gasteiger partial charge in [-0.05, 0) is 51.2 Å². The molecule has 0 heterocycles. The van der Waals surface area contributed by atoms with Crippen molar-refractivity contribution in [3.8, 4) is 0 Å². The molecule has 0 bridgehead atoms. The van der Waals surface area contributed by atoms with Crippen LogP contribution in [0.2, 0.25) is 0 Å². The van der Waals surface area contributed by atoms with Crippen LogP contribution in [-0.2, 0) is 0 Å². The summed E-state index contributed by atoms with van der Waals surface area (Å²) in [6.45, 7) is 10.0. The first-order valence-corrected chi connectivity index (χ1v) is 8.33. The molecule has 19 heavy (non-hydrogen) atoms. The van der Waals surface area contributed by atoms with Gasteiger partial charge in [-0.15, -0.1) is 0 Å². The fourth-order valence-corrected chi connectivity index (χ4v) is 4.08. The summed E-state index contributed by atoms with van der Waals surface area (Å²) in [6.07, 6.45) is 8.90. The molecule has 0 amide bonds. The summed E-state index contributed by atoms with van der Waals surface area (Å²) in [5, 5.41) is 0. The summed E-state index contributed by atoms with van der Waals surface area (Å²) in [6, 6.07) is 0.294. The van der Waals surface area contributed by atoms with Crippen LogP contribution in [0.25, 0.3) is 0 Å². The van der Waals surface area contributed by atoms with E-state index in [1.165, 1.54) is 32.1 Å². The second-order valence-corrected chi connectivity index (χ2v) is 6.22. The molecule has 114 valence electrons. The first-order chi connectivity index (χ1) is 9.12. The summed E-state index contributed by atoms with van der Waals surface area (Å²) in [5.74, 6) is 0.569. The summed E-state index contributed by atoms with van der Waals surface area (Å²) in [4.78, 5) is 2.68. The Balaban J connectivity index is 2.82. The van der Waals surface area contributed by atoms with E-state index >= 15 is 0 Å². The third-order valence-corrected chi connectivity index (χ3v) is 5.34. The van der Waals surface area contributed by atoms with Gasteiger partial charge in [0.15, 0.2) is 0 Å². The van der Waals surface area contributed by atoms with Gasteiger partial charge in [0, 0.05) is 11.6 Å². The van der Waals surface area contributed by atoms with Gasteiger partial charge in [0.1, 0.15) is 0 Å². The van der Waals surface area contributed by atoms with Gasteiger partial charge in [0.25, 0.3) is 0 Å². The molecule has 2 unspecified atom stereocenters. The maximum Gasteiger partial charge on any atom is 0.0249 e. The molecule has 1 rings (SSSR count). The van der Waals surface area contributed by atoms with E-state index in [1.54, 1.807) is 0 Å². The molecule has 3 heteroatoms. The predicted octanol–water partition coefficient (Wildman–Crippen LogP) is 2.73. The summed E-state index contributed by atoms with van der Waals surface area (Å²) < 4.78 is 0. The molecular weight excluding hydrogens is 234 g/mol. The smallest absolute Gasteiger partial charge is 0.0249 e. The van der Waals surface area contributed by atoms with Crippen LogP contribution in [0, 0.1) is 5.92 Å². The van der Waals surface area contributed by atoms with E-state index in [4.69, 9.17) is 11.5 Å². The molecule has 1 aliphatic carbocycles. The fourth-order valence-electron chi connectivity index (χ4n) is 4.08. The van der Waals surface area contributed by atoms with Crippen molar-refractivity contribution in [1.29, 1.82) is 0 Å². The number of nitrogens with two attached hydrogens (primary N) is 2. The Morgan fingerprint density at radius 3 is 2.16 bits per heavy atom. The minimum Gasteiger partial charge on any atom is -0.330 e. The fraction of sp³-hybridized carbons (Fsp3) is 1.00. The second-order valence-electron chi connectivity index (χ2n) is 6.22. The standard InChI is InChI=1S/C16H35N3/c1-4-19(5-2)16(11-7-6-8-12-16)14(3)15(18)10-9-13-17/h14-15H,4-13,17-18H2,1-3H3. The molecule has 3 nitrogen and oxygen atoms in total. The van der Waals surface area contributed by atoms with E-state index in [0.29, 0.717) is 17.5 Å². The number of nitrogens with zero attached hydrogens (tertiary/aromatic N) is 1. The molecule has 1 aliphatic rings. The van der Waals surface area contributed by atoms with Crippen LogP contribution in [0.4, 0.5) is 0 Å². The van der Waals surface area contributed by atoms with E-state index in [2.05, 4.69) is 25.7 Å². The summed E-state index contributed by atoms with van der Waals surface area (Å²) >= 11 is 0. The van der Waals surface area contributed by atoms with Gasteiger partial charge in [-0.1, -0.05) is 40.0 Å². The van der Waals surface area contributed by atoms with Crippen LogP contribution in [0.3, 0.4) is 0 Å². The highest BCUT2D eigenvalue weighted by Gasteiger charge is 2.43. The van der Waals surface area contributed by atoms with Crippen molar-refractivity contribution < 1.29 is 0 Å². The Morgan fingerprint density at radius 1 is 1.11 bits per heavy atom. The molecule has 0 aromatic carbocycles. The minimum absolute atomic E-state index is 0.294. The lowest BCUT2D eigenvalue weighted by Gasteiger charge is -2.51. The van der Waals surface area contributed by atoms with Gasteiger partial charge < -0.3 is 11.5 Å². The monoisotopic (exact) mass is 269 g/mol. The van der Waals surface area contributed by atoms with Crippen LogP contribution in [0.15, 0.2) is 0 Å². The third kappa shape index (κ3) is 3.93. The average Bonchev–Trinajstić information content (AvgIpc) is 2.46. The molecule has 2 atom stereocenters. The molecule has 0 radical (unpaired) electrons. The van der Waals surface area contributed by atoms with Crippen LogP contribution < -0.4 is 11.5 Å². The lowest BCUT2D eigenvalue weighted by Crippen LogP contribution is -2.58. The SMILES string of the molecule is CCN(CC)C1(C(C)C(N)CCCN)CCCCC1. The molecule has 0 aromatic rings. The molecule has 0 aliphatic heterocycles. The zero-order valence-corrected chi connectivity index (χ0v) is 13.3. The first-order valence-electron chi connectivity index (χ1n) is 8.33. The van der Waals surface area contributed by atoms with E-state index in [9.17, 15) is 0 Å². The number of hydrogen-bond donors (Lipinski definition) is 2. The zero-order chi connectivity index (χ0) is 14.3. The number of rotatable bonds is 8. The Kier molecular flexibility index (Phi) is 7.33. The topological polar surface area (TPSA) is 55.3 Å². The van der Waals surface area contributed by atoms with E-state index in [1.807, 2.05) is 0 Å². The van der Waals surface area contributed by atoms with Crippen molar-refractivity contribution in [2.24, 2.45) is 17.4 Å². The third-order valence-electron chi connectivity index (χ3n) is 5.34. The first kappa shape index (κ1) is 16.9. The van der Waals surface area contributed by atoms with Crippen LogP contribution in [0.5, 0.6) is 0 Å². The molecule has 1 fully saturated rings. The number of hydrogen-bond acceptors (Lipinski definition) is 3. The highest BCUT2D eigenvalue weighted by atomic mass is 15.2. The maximum atomic E-state index is 6.48. The van der Waals surface area contributed by atoms with Crippen molar-refractivity contribution in [2.45, 2.75) is 77.3 Å². The van der Waals surface area contributed by atoms with E-state index < -0.39 is 0 Å². The molecule has 1 saturated carbocycles. The highest BCUT2D eigenvalue weighted by Crippen LogP contribution is 2.41. The van der Waals surface area contributed by atoms with Crippen molar-refractivity contribution in [2.75, 3.05) is 19.6 Å². The van der Waals surface area contributed by atoms with Gasteiger partial charge in [0.2, 0.25) is 0 Å². The van der Waals surface area contributed by atoms with Gasteiger partial charge in [-0.3, -0.25) is 4.90 Å². The Hall–Kier alpha value is -0.120. The van der Waals surface area contributed by atoms with Crippen molar-refractivity contribution >= 4 is 0 Å². The molecule has 0 aromatic heterocycles. The Labute approximate surface area is 120 Å². The second kappa shape index (κ2) is 8.23. The molecular formula is C16H35N3. The molecule has 4 N–H and O–H groups in total. The lowest BCUT2D eigenvalue weighted by molar-refractivity contribution is 0.00117. The Morgan fingerprint density at radius 2 is 1.68 bits per heavy atom. The largest absolute Gasteiger partial charge is 0.330 e. The van der Waals surface area contributed by atoms with Crippen molar-refractivity contribution in [1.82, 2.24) is 4.90 Å². The normalized spacial score (nSPS) is 22.4. The maximum absolute atomic E-state index is 6.48. The van der Waals surface area contributed by atoms with Crippen molar-refractivity contribution in [3.63, 3.8) is 0 Å². The van der Waals surface area contributed by atoms with Gasteiger partial charge in [-0.2, -0.15) is 0 Å². The average molecular weight is 269 g/mol. The van der Waals surface area contributed by atoms with Gasteiger partial charge in [-0.25, -0.2) is 0 Å². The van der Waals surface area contributed by atoms with Crippen LogP contribution in [0.1, 0.15) is 65.7 Å². The lowest BCUT2D eigenvalue weighted by atomic mass is 9.69. The quantitative estimate of drug-likeness (QED) is 0.712.